The lowest BCUT2D eigenvalue weighted by atomic mass is 10.0. The molecule has 2 aliphatic rings. The number of likely N-dealkylation sites (N-methyl/N-ethyl adjacent to an activating group) is 1. The highest BCUT2D eigenvalue weighted by molar-refractivity contribution is 5.95. The van der Waals surface area contributed by atoms with E-state index >= 15 is 0 Å². The number of urea groups is 1. The standard InChI is InChI=1S/C31H32F4N8O2/c1-42-12-14-43(15-13-42)18-20-2-4-21(5-3-20)29(44)39-24-10-11-25(32)26(16-24)40-30(45)41-28-17-27(36-19-37-28)38-23-8-6-22(7-9-23)31(33,34)35/h2-11,17,19,26H,12-16,18H2,1H3,(H,39,44)(H3,36,37,38,40,41,45). The number of aromatic nitrogens is 2. The number of allylic oxidation sites excluding steroid dienone is 2. The van der Waals surface area contributed by atoms with Gasteiger partial charge in [-0.25, -0.2) is 19.2 Å². The molecule has 1 atom stereocenters. The topological polar surface area (TPSA) is 115 Å². The summed E-state index contributed by atoms with van der Waals surface area (Å²) in [5.74, 6) is -0.662. The third kappa shape index (κ3) is 8.86. The molecule has 1 fully saturated rings. The Morgan fingerprint density at radius 3 is 2.29 bits per heavy atom. The number of alkyl halides is 3. The summed E-state index contributed by atoms with van der Waals surface area (Å²) in [6.45, 7) is 4.85. The Bertz CT molecular complexity index is 1570. The van der Waals surface area contributed by atoms with Crippen molar-refractivity contribution in [3.8, 4) is 0 Å². The van der Waals surface area contributed by atoms with Gasteiger partial charge in [0.25, 0.3) is 5.91 Å². The van der Waals surface area contributed by atoms with Crippen molar-refractivity contribution in [2.75, 3.05) is 43.9 Å². The number of halogens is 4. The van der Waals surface area contributed by atoms with Crippen LogP contribution in [0.1, 0.15) is 27.9 Å². The maximum atomic E-state index is 14.6. The molecule has 1 saturated heterocycles. The molecule has 1 unspecified atom stereocenters. The van der Waals surface area contributed by atoms with Crippen molar-refractivity contribution in [2.45, 2.75) is 25.2 Å². The summed E-state index contributed by atoms with van der Waals surface area (Å²) in [6, 6.07) is 11.3. The highest BCUT2D eigenvalue weighted by Crippen LogP contribution is 2.30. The quantitative estimate of drug-likeness (QED) is 0.260. The maximum Gasteiger partial charge on any atom is 0.416 e. The van der Waals surface area contributed by atoms with Gasteiger partial charge in [-0.1, -0.05) is 12.1 Å². The van der Waals surface area contributed by atoms with E-state index in [9.17, 15) is 27.2 Å². The Morgan fingerprint density at radius 2 is 1.60 bits per heavy atom. The van der Waals surface area contributed by atoms with Crippen LogP contribution in [0, 0.1) is 0 Å². The Morgan fingerprint density at radius 1 is 0.911 bits per heavy atom. The number of hydrogen-bond donors (Lipinski definition) is 4. The number of nitrogens with zero attached hydrogens (tertiary/aromatic N) is 4. The van der Waals surface area contributed by atoms with Crippen molar-refractivity contribution in [3.05, 3.63) is 101 Å². The first-order chi connectivity index (χ1) is 21.5. The summed E-state index contributed by atoms with van der Waals surface area (Å²) in [6.07, 6.45) is -0.662. The van der Waals surface area contributed by atoms with Crippen molar-refractivity contribution in [1.82, 2.24) is 30.4 Å². The SMILES string of the molecule is CN1CCN(Cc2ccc(C(=O)NC3=CC=C(F)C(NC(=O)Nc4cc(Nc5ccc(C(F)(F)F)cc5)ncn4)C3)cc2)CC1. The highest BCUT2D eigenvalue weighted by Gasteiger charge is 2.30. The van der Waals surface area contributed by atoms with Crippen LogP contribution in [0.2, 0.25) is 0 Å². The van der Waals surface area contributed by atoms with Gasteiger partial charge >= 0.3 is 12.2 Å². The molecule has 4 N–H and O–H groups in total. The summed E-state index contributed by atoms with van der Waals surface area (Å²) >= 11 is 0. The van der Waals surface area contributed by atoms with Crippen LogP contribution in [0.25, 0.3) is 0 Å². The molecule has 2 heterocycles. The first-order valence-electron chi connectivity index (χ1n) is 14.2. The van der Waals surface area contributed by atoms with Gasteiger partial charge in [0.05, 0.1) is 11.6 Å². The molecule has 0 spiro atoms. The predicted molar refractivity (Wildman–Crippen MR) is 161 cm³/mol. The number of carbonyl (C=O) groups is 2. The fraction of sp³-hybridized carbons (Fsp3) is 0.290. The number of rotatable bonds is 8. The van der Waals surface area contributed by atoms with Crippen LogP contribution in [0.15, 0.2) is 84.6 Å². The smallest absolute Gasteiger partial charge is 0.340 e. The molecule has 3 amide bonds. The van der Waals surface area contributed by atoms with Gasteiger partial charge in [0.15, 0.2) is 0 Å². The Kier molecular flexibility index (Phi) is 9.74. The molecule has 236 valence electrons. The number of piperazine rings is 1. The fourth-order valence-corrected chi connectivity index (χ4v) is 4.83. The first kappa shape index (κ1) is 31.6. The summed E-state index contributed by atoms with van der Waals surface area (Å²) in [4.78, 5) is 38.1. The van der Waals surface area contributed by atoms with Gasteiger partial charge in [-0.05, 0) is 61.2 Å². The van der Waals surface area contributed by atoms with Gasteiger partial charge in [-0.3, -0.25) is 15.0 Å². The molecule has 1 aliphatic carbocycles. The van der Waals surface area contributed by atoms with Gasteiger partial charge in [-0.2, -0.15) is 13.2 Å². The second-order valence-corrected chi connectivity index (χ2v) is 10.8. The monoisotopic (exact) mass is 624 g/mol. The predicted octanol–water partition coefficient (Wildman–Crippen LogP) is 5.05. The number of hydrogen-bond acceptors (Lipinski definition) is 7. The van der Waals surface area contributed by atoms with Crippen molar-refractivity contribution >= 4 is 29.3 Å². The number of nitrogens with one attached hydrogen (secondary N) is 4. The maximum absolute atomic E-state index is 14.6. The average molecular weight is 625 g/mol. The van der Waals surface area contributed by atoms with E-state index in [0.717, 1.165) is 56.7 Å². The third-order valence-corrected chi connectivity index (χ3v) is 7.39. The minimum absolute atomic E-state index is 0.00742. The van der Waals surface area contributed by atoms with E-state index in [4.69, 9.17) is 0 Å². The lowest BCUT2D eigenvalue weighted by Gasteiger charge is -2.32. The Labute approximate surface area is 257 Å². The molecular weight excluding hydrogens is 592 g/mol. The molecule has 10 nitrogen and oxygen atoms in total. The summed E-state index contributed by atoms with van der Waals surface area (Å²) in [5.41, 5.74) is 1.55. The van der Waals surface area contributed by atoms with E-state index < -0.39 is 29.6 Å². The molecule has 3 aromatic rings. The van der Waals surface area contributed by atoms with Crippen LogP contribution >= 0.6 is 0 Å². The van der Waals surface area contributed by atoms with Gasteiger partial charge in [0.1, 0.15) is 23.8 Å². The largest absolute Gasteiger partial charge is 0.416 e. The second-order valence-electron chi connectivity index (χ2n) is 10.8. The Balaban J connectivity index is 1.11. The molecule has 0 bridgehead atoms. The lowest BCUT2D eigenvalue weighted by Crippen LogP contribution is -2.43. The number of amides is 3. The zero-order valence-electron chi connectivity index (χ0n) is 24.4. The van der Waals surface area contributed by atoms with Gasteiger partial charge in [0.2, 0.25) is 0 Å². The number of carbonyl (C=O) groups excluding carboxylic acids is 2. The minimum atomic E-state index is -4.45. The zero-order chi connectivity index (χ0) is 32.0. The van der Waals surface area contributed by atoms with E-state index in [1.807, 2.05) is 12.1 Å². The van der Waals surface area contributed by atoms with E-state index in [1.54, 1.807) is 12.1 Å². The normalized spacial score (nSPS) is 17.6. The molecule has 5 rings (SSSR count). The third-order valence-electron chi connectivity index (χ3n) is 7.39. The van der Waals surface area contributed by atoms with Crippen molar-refractivity contribution in [3.63, 3.8) is 0 Å². The van der Waals surface area contributed by atoms with Crippen LogP contribution in [-0.4, -0.2) is 71.0 Å². The fourth-order valence-electron chi connectivity index (χ4n) is 4.83. The van der Waals surface area contributed by atoms with Gasteiger partial charge in [-0.15, -0.1) is 0 Å². The van der Waals surface area contributed by atoms with Crippen LogP contribution in [0.4, 0.5) is 39.7 Å². The highest BCUT2D eigenvalue weighted by atomic mass is 19.4. The van der Waals surface area contributed by atoms with E-state index in [1.165, 1.54) is 30.4 Å². The van der Waals surface area contributed by atoms with Gasteiger partial charge < -0.3 is 20.9 Å². The first-order valence-corrected chi connectivity index (χ1v) is 14.2. The van der Waals surface area contributed by atoms with Crippen molar-refractivity contribution < 1.29 is 27.2 Å². The number of benzene rings is 2. The molecule has 45 heavy (non-hydrogen) atoms. The van der Waals surface area contributed by atoms with Crippen LogP contribution < -0.4 is 21.3 Å². The van der Waals surface area contributed by atoms with Crippen molar-refractivity contribution in [2.24, 2.45) is 0 Å². The van der Waals surface area contributed by atoms with Crippen LogP contribution in [0.3, 0.4) is 0 Å². The summed E-state index contributed by atoms with van der Waals surface area (Å²) in [5, 5.41) is 10.6. The molecule has 0 radical (unpaired) electrons. The minimum Gasteiger partial charge on any atom is -0.340 e. The zero-order valence-corrected chi connectivity index (χ0v) is 24.4. The van der Waals surface area contributed by atoms with Gasteiger partial charge in [0, 0.05) is 62.2 Å². The molecule has 1 aliphatic heterocycles. The molecule has 1 aromatic heterocycles. The number of anilines is 3. The van der Waals surface area contributed by atoms with E-state index in [2.05, 4.69) is 48.1 Å². The van der Waals surface area contributed by atoms with E-state index in [0.29, 0.717) is 16.9 Å². The van der Waals surface area contributed by atoms with Crippen LogP contribution in [0.5, 0.6) is 0 Å². The summed E-state index contributed by atoms with van der Waals surface area (Å²) in [7, 11) is 2.11. The average Bonchev–Trinajstić information content (AvgIpc) is 3.00. The van der Waals surface area contributed by atoms with E-state index in [-0.39, 0.29) is 24.0 Å². The summed E-state index contributed by atoms with van der Waals surface area (Å²) < 4.78 is 53.0. The second kappa shape index (κ2) is 13.9. The molecule has 0 saturated carbocycles. The molecule has 2 aromatic carbocycles. The lowest BCUT2D eigenvalue weighted by molar-refractivity contribution is -0.137. The van der Waals surface area contributed by atoms with Crippen molar-refractivity contribution in [1.29, 1.82) is 0 Å². The Hall–Kier alpha value is -4.82. The molecular formula is C31H32F4N8O2. The van der Waals surface area contributed by atoms with Crippen LogP contribution in [-0.2, 0) is 12.7 Å². The molecule has 14 heteroatoms.